The summed E-state index contributed by atoms with van der Waals surface area (Å²) in [4.78, 5) is 24.8. The number of aromatic nitrogens is 1. The first-order valence-corrected chi connectivity index (χ1v) is 8.60. The van der Waals surface area contributed by atoms with Crippen molar-refractivity contribution in [2.45, 2.75) is 18.9 Å². The van der Waals surface area contributed by atoms with Crippen molar-refractivity contribution in [1.82, 2.24) is 9.47 Å². The Bertz CT molecular complexity index is 755. The van der Waals surface area contributed by atoms with Crippen LogP contribution in [0.5, 0.6) is 0 Å². The van der Waals surface area contributed by atoms with Crippen molar-refractivity contribution < 1.29 is 30.0 Å². The normalized spacial score (nSPS) is 15.2. The molecule has 2 aromatic rings. The fourth-order valence-electron chi connectivity index (χ4n) is 2.96. The number of aliphatic hydroxyl groups excluding tert-OH is 3. The number of benzene rings is 1. The molecule has 0 fully saturated rings. The van der Waals surface area contributed by atoms with Gasteiger partial charge in [0, 0.05) is 24.3 Å². The predicted octanol–water partition coefficient (Wildman–Crippen LogP) is 0.471. The molecule has 0 saturated heterocycles. The number of ketones is 1. The molecule has 1 aliphatic heterocycles. The van der Waals surface area contributed by atoms with Crippen molar-refractivity contribution in [2.75, 3.05) is 26.6 Å². The molecular weight excluding hydrogens is 352 g/mol. The lowest BCUT2D eigenvalue weighted by Gasteiger charge is -2.12. The summed E-state index contributed by atoms with van der Waals surface area (Å²) in [6.07, 6.45) is 0.556. The lowest BCUT2D eigenvalue weighted by Crippen LogP contribution is -2.28. The van der Waals surface area contributed by atoms with E-state index in [4.69, 9.17) is 20.4 Å². The molecule has 3 rings (SSSR count). The topological polar surface area (TPSA) is 123 Å². The van der Waals surface area contributed by atoms with Crippen molar-refractivity contribution in [1.29, 1.82) is 0 Å². The maximum atomic E-state index is 12.4. The number of carboxylic acid groups (broad SMARTS) is 1. The monoisotopic (exact) mass is 376 g/mol. The zero-order valence-corrected chi connectivity index (χ0v) is 14.9. The van der Waals surface area contributed by atoms with Gasteiger partial charge < -0.3 is 25.0 Å². The molecule has 0 saturated carbocycles. The van der Waals surface area contributed by atoms with Gasteiger partial charge in [-0.1, -0.05) is 30.3 Å². The van der Waals surface area contributed by atoms with E-state index >= 15 is 0 Å². The molecule has 8 nitrogen and oxygen atoms in total. The van der Waals surface area contributed by atoms with Crippen LogP contribution in [0.2, 0.25) is 0 Å². The summed E-state index contributed by atoms with van der Waals surface area (Å²) < 4.78 is 1.83. The van der Waals surface area contributed by atoms with Gasteiger partial charge in [-0.2, -0.15) is 0 Å². The quantitative estimate of drug-likeness (QED) is 0.409. The van der Waals surface area contributed by atoms with E-state index in [0.29, 0.717) is 30.8 Å². The summed E-state index contributed by atoms with van der Waals surface area (Å²) in [5.74, 6) is -1.37. The smallest absolute Gasteiger partial charge is 0.312 e. The van der Waals surface area contributed by atoms with E-state index < -0.39 is 11.9 Å². The molecule has 1 atom stereocenters. The number of hydrogen-bond donors (Lipinski definition) is 4. The van der Waals surface area contributed by atoms with Crippen LogP contribution in [0.1, 0.15) is 34.1 Å². The van der Waals surface area contributed by atoms with Crippen LogP contribution >= 0.6 is 0 Å². The summed E-state index contributed by atoms with van der Waals surface area (Å²) in [5, 5.41) is 34.0. The molecule has 1 aromatic heterocycles. The molecule has 2 heterocycles. The van der Waals surface area contributed by atoms with E-state index in [9.17, 15) is 9.59 Å². The van der Waals surface area contributed by atoms with Crippen LogP contribution in [0.15, 0.2) is 42.5 Å². The summed E-state index contributed by atoms with van der Waals surface area (Å²) in [7, 11) is 0. The van der Waals surface area contributed by atoms with Gasteiger partial charge in [-0.05, 0) is 18.6 Å². The third kappa shape index (κ3) is 5.01. The van der Waals surface area contributed by atoms with Crippen molar-refractivity contribution in [3.8, 4) is 0 Å². The minimum absolute atomic E-state index is 0.0406. The van der Waals surface area contributed by atoms with E-state index in [1.165, 1.54) is 4.90 Å². The van der Waals surface area contributed by atoms with E-state index in [2.05, 4.69) is 0 Å². The molecule has 8 heteroatoms. The Balaban J connectivity index is 0.000000279. The highest BCUT2D eigenvalue weighted by atomic mass is 16.4. The summed E-state index contributed by atoms with van der Waals surface area (Å²) in [6, 6.07) is 12.5. The van der Waals surface area contributed by atoms with Gasteiger partial charge in [0.1, 0.15) is 0 Å². The van der Waals surface area contributed by atoms with Gasteiger partial charge in [0.25, 0.3) is 0 Å². The van der Waals surface area contributed by atoms with Crippen LogP contribution in [0.3, 0.4) is 0 Å². The molecule has 0 aliphatic carbocycles. The minimum atomic E-state index is -0.824. The molecule has 1 unspecified atom stereocenters. The average Bonchev–Trinajstić information content (AvgIpc) is 3.28. The Morgan fingerprint density at radius 2 is 1.70 bits per heavy atom. The number of rotatable bonds is 7. The summed E-state index contributed by atoms with van der Waals surface area (Å²) in [6.45, 7) is 0.440. The molecule has 0 spiro atoms. The highest BCUT2D eigenvalue weighted by Crippen LogP contribution is 2.31. The minimum Gasteiger partial charge on any atom is -0.481 e. The molecule has 0 amide bonds. The first-order chi connectivity index (χ1) is 13.0. The third-order valence-electron chi connectivity index (χ3n) is 4.40. The van der Waals surface area contributed by atoms with Crippen LogP contribution in [0.25, 0.3) is 0 Å². The van der Waals surface area contributed by atoms with Crippen molar-refractivity contribution in [2.24, 2.45) is 0 Å². The second-order valence-electron chi connectivity index (χ2n) is 6.07. The summed E-state index contributed by atoms with van der Waals surface area (Å²) in [5.41, 5.74) is 1.93. The Kier molecular flexibility index (Phi) is 7.68. The molecule has 0 radical (unpaired) electrons. The van der Waals surface area contributed by atoms with E-state index in [-0.39, 0.29) is 25.9 Å². The number of fused-ring (bicyclic) bond motifs is 1. The van der Waals surface area contributed by atoms with E-state index in [1.807, 2.05) is 22.8 Å². The van der Waals surface area contributed by atoms with Gasteiger partial charge in [-0.3, -0.25) is 14.5 Å². The maximum Gasteiger partial charge on any atom is 0.312 e. The van der Waals surface area contributed by atoms with E-state index in [0.717, 1.165) is 5.69 Å². The number of carbonyl (C=O) groups excluding carboxylic acids is 1. The molecule has 1 aromatic carbocycles. The Labute approximate surface area is 156 Å². The second-order valence-corrected chi connectivity index (χ2v) is 6.07. The van der Waals surface area contributed by atoms with Crippen molar-refractivity contribution in [3.05, 3.63) is 59.4 Å². The van der Waals surface area contributed by atoms with Crippen molar-refractivity contribution in [3.63, 3.8) is 0 Å². The number of hydrogen-bond acceptors (Lipinski definition) is 6. The fraction of sp³-hybridized carbons (Fsp3) is 0.368. The Morgan fingerprint density at radius 1 is 1.04 bits per heavy atom. The number of aliphatic hydroxyl groups is 3. The van der Waals surface area contributed by atoms with Gasteiger partial charge in [0.2, 0.25) is 5.78 Å². The zero-order chi connectivity index (χ0) is 19.8. The highest BCUT2D eigenvalue weighted by Gasteiger charge is 2.31. The van der Waals surface area contributed by atoms with Crippen LogP contribution in [0.4, 0.5) is 0 Å². The van der Waals surface area contributed by atoms with Crippen LogP contribution in [-0.4, -0.2) is 68.3 Å². The highest BCUT2D eigenvalue weighted by molar-refractivity contribution is 6.08. The number of carboxylic acids is 1. The number of aliphatic carboxylic acids is 1. The van der Waals surface area contributed by atoms with Gasteiger partial charge >= 0.3 is 5.97 Å². The zero-order valence-electron chi connectivity index (χ0n) is 14.9. The summed E-state index contributed by atoms with van der Waals surface area (Å²) >= 11 is 0. The number of nitrogens with zero attached hydrogens (tertiary/aromatic N) is 2. The van der Waals surface area contributed by atoms with Gasteiger partial charge in [0.15, 0.2) is 0 Å². The van der Waals surface area contributed by atoms with Gasteiger partial charge in [-0.15, -0.1) is 0 Å². The lowest BCUT2D eigenvalue weighted by atomic mass is 10.1. The van der Waals surface area contributed by atoms with Gasteiger partial charge in [0.05, 0.1) is 31.7 Å². The lowest BCUT2D eigenvalue weighted by molar-refractivity contribution is -0.138. The molecule has 0 bridgehead atoms. The molecule has 1 aliphatic rings. The SMILES string of the molecule is O=C(c1ccccc1)c1ccc2n1CCC2C(=O)O.OCCN(CO)CO. The first-order valence-electron chi connectivity index (χ1n) is 8.60. The van der Waals surface area contributed by atoms with Gasteiger partial charge in [-0.25, -0.2) is 0 Å². The average molecular weight is 376 g/mol. The van der Waals surface area contributed by atoms with Crippen LogP contribution in [-0.2, 0) is 11.3 Å². The molecular formula is C19H24N2O6. The predicted molar refractivity (Wildman–Crippen MR) is 97.3 cm³/mol. The molecule has 4 N–H and O–H groups in total. The molecule has 27 heavy (non-hydrogen) atoms. The number of carbonyl (C=O) groups is 2. The van der Waals surface area contributed by atoms with E-state index in [1.54, 1.807) is 24.3 Å². The largest absolute Gasteiger partial charge is 0.481 e. The second kappa shape index (κ2) is 9.98. The third-order valence-corrected chi connectivity index (χ3v) is 4.40. The standard InChI is InChI=1S/C15H13NO3.C4H11NO3/c17-14(10-4-2-1-3-5-10)13-7-6-12-11(15(18)19)8-9-16(12)13;6-2-1-5(3-7)4-8/h1-7,11H,8-9H2,(H,18,19);6-8H,1-4H2. The van der Waals surface area contributed by atoms with Crippen LogP contribution in [0, 0.1) is 0 Å². The Hall–Kier alpha value is -2.52. The van der Waals surface area contributed by atoms with Crippen LogP contribution < -0.4 is 0 Å². The first kappa shape index (κ1) is 20.8. The van der Waals surface area contributed by atoms with Crippen molar-refractivity contribution >= 4 is 11.8 Å². The fourth-order valence-corrected chi connectivity index (χ4v) is 2.96. The Morgan fingerprint density at radius 3 is 2.22 bits per heavy atom. The molecule has 146 valence electrons. The maximum absolute atomic E-state index is 12.4.